The molecule has 2 heteroatoms. The Morgan fingerprint density at radius 2 is 1.00 bits per heavy atom. The van der Waals surface area contributed by atoms with E-state index in [2.05, 4.69) is 207 Å². The molecule has 0 saturated heterocycles. The third-order valence-electron chi connectivity index (χ3n) is 16.1. The van der Waals surface area contributed by atoms with Crippen LogP contribution in [0.25, 0.3) is 53.6 Å². The highest BCUT2D eigenvalue weighted by Crippen LogP contribution is 2.69. The number of para-hydroxylation sites is 1. The number of fused-ring (bicyclic) bond motifs is 5. The summed E-state index contributed by atoms with van der Waals surface area (Å²) in [6.45, 7) is 4.96. The van der Waals surface area contributed by atoms with Crippen molar-refractivity contribution in [3.8, 4) is 33.4 Å². The highest BCUT2D eigenvalue weighted by molar-refractivity contribution is 7.25. The third kappa shape index (κ3) is 5.53. The van der Waals surface area contributed by atoms with E-state index in [-0.39, 0.29) is 10.8 Å². The summed E-state index contributed by atoms with van der Waals surface area (Å²) in [6.07, 6.45) is 6.92. The minimum Gasteiger partial charge on any atom is -0.310 e. The minimum absolute atomic E-state index is 0.0414. The summed E-state index contributed by atoms with van der Waals surface area (Å²) in [4.78, 5) is 2.56. The second-order valence-corrected chi connectivity index (χ2v) is 20.7. The standard InChI is InChI=1S/C61H51NS/c1-60(2)52-22-10-11-23-54(52)61(43-34-39-33-40(36-43)37-44(61)35-39)55-38-46(31-32-53(55)60)62(56-24-12-8-18-48(56)41-15-4-3-5-16-41)45-29-27-42(28-30-45)47-17-6-7-19-49(47)50-21-14-26-58-59(50)51-20-9-13-25-57(51)63-58/h3-32,38-40,43-44H,33-37H2,1-2H3. The van der Waals surface area contributed by atoms with Crippen LogP contribution in [0.4, 0.5) is 17.1 Å². The van der Waals surface area contributed by atoms with Crippen molar-refractivity contribution in [1.82, 2.24) is 0 Å². The highest BCUT2D eigenvalue weighted by atomic mass is 32.1. The van der Waals surface area contributed by atoms with Crippen molar-refractivity contribution in [2.45, 2.75) is 56.8 Å². The van der Waals surface area contributed by atoms with Crippen molar-refractivity contribution in [3.63, 3.8) is 0 Å². The second kappa shape index (κ2) is 14.1. The molecule has 5 aliphatic rings. The maximum atomic E-state index is 2.67. The van der Waals surface area contributed by atoms with Gasteiger partial charge in [0.15, 0.2) is 0 Å². The Morgan fingerprint density at radius 1 is 0.429 bits per heavy atom. The Bertz CT molecular complexity index is 3200. The summed E-state index contributed by atoms with van der Waals surface area (Å²) in [6, 6.07) is 71.3. The molecule has 0 atom stereocenters. The van der Waals surface area contributed by atoms with E-state index in [0.29, 0.717) is 11.8 Å². The van der Waals surface area contributed by atoms with Crippen molar-refractivity contribution in [2.24, 2.45) is 23.7 Å². The van der Waals surface area contributed by atoms with Crippen molar-refractivity contribution >= 4 is 48.6 Å². The van der Waals surface area contributed by atoms with Gasteiger partial charge in [-0.15, -0.1) is 11.3 Å². The van der Waals surface area contributed by atoms with Crippen LogP contribution in [0.2, 0.25) is 0 Å². The number of thiophene rings is 1. The normalized spacial score (nSPS) is 22.6. The molecule has 0 aliphatic heterocycles. The van der Waals surface area contributed by atoms with Crippen LogP contribution in [0, 0.1) is 23.7 Å². The lowest BCUT2D eigenvalue weighted by Crippen LogP contribution is -2.58. The van der Waals surface area contributed by atoms with Gasteiger partial charge in [0.1, 0.15) is 0 Å². The smallest absolute Gasteiger partial charge is 0.0540 e. The summed E-state index contributed by atoms with van der Waals surface area (Å²) >= 11 is 1.89. The fourth-order valence-corrected chi connectivity index (χ4v) is 14.9. The molecule has 1 aromatic heterocycles. The van der Waals surface area contributed by atoms with Gasteiger partial charge in [-0.05, 0) is 148 Å². The molecule has 0 N–H and O–H groups in total. The van der Waals surface area contributed by atoms with Crippen molar-refractivity contribution in [1.29, 1.82) is 0 Å². The second-order valence-electron chi connectivity index (χ2n) is 19.7. The van der Waals surface area contributed by atoms with E-state index in [1.54, 1.807) is 16.7 Å². The van der Waals surface area contributed by atoms with Crippen LogP contribution in [0.15, 0.2) is 188 Å². The molecular formula is C61H51NS. The summed E-state index contributed by atoms with van der Waals surface area (Å²) < 4.78 is 2.67. The highest BCUT2D eigenvalue weighted by Gasteiger charge is 2.62. The minimum atomic E-state index is -0.0914. The zero-order valence-corrected chi connectivity index (χ0v) is 36.9. The van der Waals surface area contributed by atoms with Gasteiger partial charge in [0.2, 0.25) is 0 Å². The van der Waals surface area contributed by atoms with Gasteiger partial charge in [0.05, 0.1) is 5.69 Å². The number of benzene rings is 8. The van der Waals surface area contributed by atoms with Gasteiger partial charge < -0.3 is 4.90 Å². The Kier molecular flexibility index (Phi) is 8.39. The van der Waals surface area contributed by atoms with Gasteiger partial charge >= 0.3 is 0 Å². The number of hydrogen-bond donors (Lipinski definition) is 0. The van der Waals surface area contributed by atoms with E-state index >= 15 is 0 Å². The Labute approximate surface area is 375 Å². The molecule has 5 aliphatic carbocycles. The molecular weight excluding hydrogens is 779 g/mol. The van der Waals surface area contributed by atoms with Crippen LogP contribution in [-0.4, -0.2) is 0 Å². The Balaban J connectivity index is 0.995. The van der Waals surface area contributed by atoms with Gasteiger partial charge in [-0.1, -0.05) is 159 Å². The predicted octanol–water partition coefficient (Wildman–Crippen LogP) is 16.9. The van der Waals surface area contributed by atoms with Crippen molar-refractivity contribution < 1.29 is 0 Å². The molecule has 9 aromatic rings. The zero-order valence-electron chi connectivity index (χ0n) is 36.1. The first-order chi connectivity index (χ1) is 31.0. The van der Waals surface area contributed by atoms with Gasteiger partial charge in [0, 0.05) is 47.9 Å². The van der Waals surface area contributed by atoms with E-state index in [1.165, 1.54) is 108 Å². The molecule has 1 spiro atoms. The number of hydrogen-bond acceptors (Lipinski definition) is 2. The first-order valence-corrected chi connectivity index (χ1v) is 24.1. The maximum absolute atomic E-state index is 2.67. The van der Waals surface area contributed by atoms with Gasteiger partial charge in [-0.2, -0.15) is 0 Å². The molecule has 4 saturated carbocycles. The lowest BCUT2D eigenvalue weighted by atomic mass is 9.39. The van der Waals surface area contributed by atoms with E-state index in [0.717, 1.165) is 11.8 Å². The summed E-state index contributed by atoms with van der Waals surface area (Å²) in [5.74, 6) is 3.15. The first-order valence-electron chi connectivity index (χ1n) is 23.3. The van der Waals surface area contributed by atoms with E-state index in [1.807, 2.05) is 11.3 Å². The molecule has 4 fully saturated rings. The van der Waals surface area contributed by atoms with E-state index < -0.39 is 0 Å². The fraction of sp³-hybridized carbons (Fsp3) is 0.213. The molecule has 0 radical (unpaired) electrons. The topological polar surface area (TPSA) is 3.24 Å². The monoisotopic (exact) mass is 829 g/mol. The molecule has 1 nitrogen and oxygen atoms in total. The van der Waals surface area contributed by atoms with Crippen LogP contribution in [0.1, 0.15) is 68.2 Å². The quantitative estimate of drug-likeness (QED) is 0.161. The van der Waals surface area contributed by atoms with E-state index in [9.17, 15) is 0 Å². The average Bonchev–Trinajstić information content (AvgIpc) is 3.71. The molecule has 8 aromatic carbocycles. The van der Waals surface area contributed by atoms with Gasteiger partial charge in [0.25, 0.3) is 0 Å². The average molecular weight is 830 g/mol. The van der Waals surface area contributed by atoms with Crippen LogP contribution in [0.5, 0.6) is 0 Å². The molecule has 63 heavy (non-hydrogen) atoms. The molecule has 0 unspecified atom stereocenters. The first kappa shape index (κ1) is 37.3. The summed E-state index contributed by atoms with van der Waals surface area (Å²) in [7, 11) is 0. The maximum Gasteiger partial charge on any atom is 0.0540 e. The Hall–Kier alpha value is -6.22. The van der Waals surface area contributed by atoms with Crippen LogP contribution in [-0.2, 0) is 10.8 Å². The lowest BCUT2D eigenvalue weighted by molar-refractivity contribution is -0.0443. The number of nitrogens with zero attached hydrogens (tertiary/aromatic N) is 1. The Morgan fingerprint density at radius 3 is 1.78 bits per heavy atom. The predicted molar refractivity (Wildman–Crippen MR) is 267 cm³/mol. The van der Waals surface area contributed by atoms with Gasteiger partial charge in [-0.3, -0.25) is 0 Å². The third-order valence-corrected chi connectivity index (χ3v) is 17.3. The van der Waals surface area contributed by atoms with E-state index in [4.69, 9.17) is 0 Å². The largest absolute Gasteiger partial charge is 0.310 e. The van der Waals surface area contributed by atoms with Crippen molar-refractivity contribution in [3.05, 3.63) is 210 Å². The number of rotatable bonds is 6. The SMILES string of the molecule is CC1(C)c2ccccc2C2(c3cc(N(c4ccc(-c5ccccc5-c5cccc6sc7ccccc7c56)cc4)c4ccccc4-c4ccccc4)ccc31)C1CC3CC(C1)CC2C3. The van der Waals surface area contributed by atoms with Crippen molar-refractivity contribution in [2.75, 3.05) is 4.90 Å². The molecule has 1 heterocycles. The fourth-order valence-electron chi connectivity index (χ4n) is 13.8. The van der Waals surface area contributed by atoms with Crippen LogP contribution < -0.4 is 4.90 Å². The zero-order chi connectivity index (χ0) is 41.9. The molecule has 14 rings (SSSR count). The summed E-state index contributed by atoms with van der Waals surface area (Å²) in [5.41, 5.74) is 17.3. The summed E-state index contributed by atoms with van der Waals surface area (Å²) in [5, 5.41) is 2.68. The van der Waals surface area contributed by atoms with Gasteiger partial charge in [-0.25, -0.2) is 0 Å². The molecule has 306 valence electrons. The van der Waals surface area contributed by atoms with Crippen LogP contribution in [0.3, 0.4) is 0 Å². The van der Waals surface area contributed by atoms with Crippen LogP contribution >= 0.6 is 11.3 Å². The lowest BCUT2D eigenvalue weighted by Gasteiger charge is -2.64. The molecule has 4 bridgehead atoms. The number of anilines is 3. The molecule has 0 amide bonds.